The summed E-state index contributed by atoms with van der Waals surface area (Å²) in [5, 5.41) is 7.54. The van der Waals surface area contributed by atoms with Crippen LogP contribution in [0.15, 0.2) is 52.0 Å². The first-order valence-corrected chi connectivity index (χ1v) is 8.34. The average molecular weight is 516 g/mol. The van der Waals surface area contributed by atoms with Crippen molar-refractivity contribution in [3.63, 3.8) is 0 Å². The van der Waals surface area contributed by atoms with Gasteiger partial charge in [0, 0.05) is 16.7 Å². The molecule has 28 heavy (non-hydrogen) atoms. The summed E-state index contributed by atoms with van der Waals surface area (Å²) < 4.78 is 15.7. The molecular formula is C18H19ClIN5O3. The average Bonchev–Trinajstić information content (AvgIpc) is 3.16. The topological polar surface area (TPSA) is 108 Å². The zero-order valence-electron chi connectivity index (χ0n) is 15.2. The van der Waals surface area contributed by atoms with Crippen LogP contribution in [0.3, 0.4) is 0 Å². The maximum Gasteiger partial charge on any atom is 0.248 e. The number of guanidine groups is 1. The van der Waals surface area contributed by atoms with Crippen molar-refractivity contribution in [2.75, 3.05) is 19.5 Å². The van der Waals surface area contributed by atoms with Gasteiger partial charge in [-0.1, -0.05) is 16.8 Å². The Hall–Kier alpha value is -2.53. The van der Waals surface area contributed by atoms with E-state index in [1.165, 1.54) is 0 Å². The summed E-state index contributed by atoms with van der Waals surface area (Å²) >= 11 is 5.88. The number of aromatic nitrogens is 2. The molecule has 1 aromatic heterocycles. The first-order valence-electron chi connectivity index (χ1n) is 7.96. The number of nitrogens with two attached hydrogens (primary N) is 1. The maximum atomic E-state index is 5.94. The summed E-state index contributed by atoms with van der Waals surface area (Å²) in [6.07, 6.45) is 0. The third-order valence-corrected chi connectivity index (χ3v) is 3.88. The smallest absolute Gasteiger partial charge is 0.248 e. The minimum absolute atomic E-state index is 0. The second kappa shape index (κ2) is 10.1. The van der Waals surface area contributed by atoms with Gasteiger partial charge >= 0.3 is 0 Å². The molecule has 0 aliphatic rings. The Labute approximate surface area is 184 Å². The van der Waals surface area contributed by atoms with Gasteiger partial charge in [-0.3, -0.25) is 0 Å². The number of methoxy groups -OCH3 is 2. The summed E-state index contributed by atoms with van der Waals surface area (Å²) in [6, 6.07) is 12.4. The van der Waals surface area contributed by atoms with Gasteiger partial charge in [0.25, 0.3) is 0 Å². The molecule has 0 saturated carbocycles. The van der Waals surface area contributed by atoms with Gasteiger partial charge in [0.05, 0.1) is 19.9 Å². The van der Waals surface area contributed by atoms with Crippen LogP contribution in [0.1, 0.15) is 5.89 Å². The van der Waals surface area contributed by atoms with E-state index in [2.05, 4.69) is 20.4 Å². The number of benzene rings is 2. The Morgan fingerprint density at radius 1 is 1.18 bits per heavy atom. The molecule has 3 rings (SSSR count). The number of hydrogen-bond donors (Lipinski definition) is 2. The molecule has 8 nitrogen and oxygen atoms in total. The lowest BCUT2D eigenvalue weighted by atomic mass is 10.2. The van der Waals surface area contributed by atoms with Gasteiger partial charge in [-0.25, -0.2) is 4.99 Å². The van der Waals surface area contributed by atoms with E-state index in [1.807, 2.05) is 12.1 Å². The number of ether oxygens (including phenoxy) is 2. The molecule has 0 spiro atoms. The number of hydrogen-bond acceptors (Lipinski definition) is 6. The molecule has 0 bridgehead atoms. The van der Waals surface area contributed by atoms with Crippen molar-refractivity contribution in [2.24, 2.45) is 10.7 Å². The first kappa shape index (κ1) is 21.8. The summed E-state index contributed by atoms with van der Waals surface area (Å²) in [5.41, 5.74) is 7.37. The van der Waals surface area contributed by atoms with E-state index in [4.69, 9.17) is 31.3 Å². The van der Waals surface area contributed by atoms with Crippen molar-refractivity contribution in [2.45, 2.75) is 6.54 Å². The highest BCUT2D eigenvalue weighted by Gasteiger charge is 2.09. The van der Waals surface area contributed by atoms with E-state index in [-0.39, 0.29) is 36.5 Å². The van der Waals surface area contributed by atoms with Gasteiger partial charge in [0.15, 0.2) is 5.96 Å². The van der Waals surface area contributed by atoms with Gasteiger partial charge in [-0.15, -0.1) is 24.0 Å². The molecule has 0 saturated heterocycles. The molecule has 0 aliphatic carbocycles. The molecule has 0 radical (unpaired) electrons. The highest BCUT2D eigenvalue weighted by atomic mass is 127. The Morgan fingerprint density at radius 3 is 2.61 bits per heavy atom. The molecule has 3 aromatic rings. The lowest BCUT2D eigenvalue weighted by Gasteiger charge is -2.11. The minimum Gasteiger partial charge on any atom is -0.497 e. The van der Waals surface area contributed by atoms with Crippen molar-refractivity contribution < 1.29 is 14.0 Å². The molecule has 10 heteroatoms. The number of nitrogens with zero attached hydrogens (tertiary/aromatic N) is 3. The molecular weight excluding hydrogens is 497 g/mol. The predicted molar refractivity (Wildman–Crippen MR) is 119 cm³/mol. The molecule has 0 amide bonds. The normalized spacial score (nSPS) is 10.9. The number of rotatable bonds is 6. The van der Waals surface area contributed by atoms with Gasteiger partial charge in [0.2, 0.25) is 11.7 Å². The van der Waals surface area contributed by atoms with Gasteiger partial charge in [-0.05, 0) is 36.4 Å². The third-order valence-electron chi connectivity index (χ3n) is 3.62. The van der Waals surface area contributed by atoms with E-state index >= 15 is 0 Å². The van der Waals surface area contributed by atoms with Crippen molar-refractivity contribution in [3.8, 4) is 22.9 Å². The maximum absolute atomic E-state index is 5.94. The second-order valence-corrected chi connectivity index (χ2v) is 5.85. The first-order chi connectivity index (χ1) is 13.1. The molecule has 3 N–H and O–H groups in total. The molecule has 0 unspecified atom stereocenters. The van der Waals surface area contributed by atoms with E-state index < -0.39 is 0 Å². The lowest BCUT2D eigenvalue weighted by Crippen LogP contribution is -2.23. The van der Waals surface area contributed by atoms with Crippen LogP contribution in [-0.4, -0.2) is 30.3 Å². The SMILES string of the molecule is COc1ccc(OC)c(NC(N)=NCc2nc(-c3ccc(Cl)cc3)no2)c1.I. The Morgan fingerprint density at radius 2 is 1.93 bits per heavy atom. The lowest BCUT2D eigenvalue weighted by molar-refractivity contribution is 0.381. The monoisotopic (exact) mass is 515 g/mol. The van der Waals surface area contributed by atoms with E-state index in [9.17, 15) is 0 Å². The number of halogens is 2. The van der Waals surface area contributed by atoms with Crippen LogP contribution in [0.4, 0.5) is 5.69 Å². The zero-order chi connectivity index (χ0) is 19.2. The number of aliphatic imine (C=N–C) groups is 1. The van der Waals surface area contributed by atoms with Gasteiger partial charge in [-0.2, -0.15) is 4.98 Å². The summed E-state index contributed by atoms with van der Waals surface area (Å²) in [7, 11) is 3.15. The Balaban J connectivity index is 0.00000280. The third kappa shape index (κ3) is 5.49. The quantitative estimate of drug-likeness (QED) is 0.291. The van der Waals surface area contributed by atoms with Crippen LogP contribution in [0, 0.1) is 0 Å². The van der Waals surface area contributed by atoms with E-state index in [0.29, 0.717) is 33.9 Å². The van der Waals surface area contributed by atoms with Gasteiger partial charge < -0.3 is 25.0 Å². The minimum atomic E-state index is 0. The Kier molecular flexibility index (Phi) is 7.88. The van der Waals surface area contributed by atoms with Crippen LogP contribution < -0.4 is 20.5 Å². The van der Waals surface area contributed by atoms with Crippen LogP contribution >= 0.6 is 35.6 Å². The van der Waals surface area contributed by atoms with Crippen molar-refractivity contribution >= 4 is 47.2 Å². The second-order valence-electron chi connectivity index (χ2n) is 5.41. The summed E-state index contributed by atoms with van der Waals surface area (Å²) in [5.74, 6) is 2.24. The largest absolute Gasteiger partial charge is 0.497 e. The molecule has 148 valence electrons. The predicted octanol–water partition coefficient (Wildman–Crippen LogP) is 3.95. The van der Waals surface area contributed by atoms with E-state index in [1.54, 1.807) is 44.6 Å². The van der Waals surface area contributed by atoms with E-state index in [0.717, 1.165) is 5.56 Å². The fourth-order valence-corrected chi connectivity index (χ4v) is 2.40. The molecule has 0 atom stereocenters. The molecule has 1 heterocycles. The van der Waals surface area contributed by atoms with Crippen molar-refractivity contribution in [1.82, 2.24) is 10.1 Å². The molecule has 0 aliphatic heterocycles. The zero-order valence-corrected chi connectivity index (χ0v) is 18.3. The van der Waals surface area contributed by atoms with Crippen LogP contribution in [0.2, 0.25) is 5.02 Å². The van der Waals surface area contributed by atoms with Crippen molar-refractivity contribution in [1.29, 1.82) is 0 Å². The standard InChI is InChI=1S/C18H18ClN5O3.HI/c1-25-13-7-8-15(26-2)14(9-13)22-18(20)21-10-16-23-17(24-27-16)11-3-5-12(19)6-4-11;/h3-9H,10H2,1-2H3,(H3,20,21,22);1H. The summed E-state index contributed by atoms with van der Waals surface area (Å²) in [6.45, 7) is 0.131. The Bertz CT molecular complexity index is 947. The highest BCUT2D eigenvalue weighted by Crippen LogP contribution is 2.28. The van der Waals surface area contributed by atoms with Gasteiger partial charge in [0.1, 0.15) is 18.0 Å². The van der Waals surface area contributed by atoms with Crippen molar-refractivity contribution in [3.05, 3.63) is 53.4 Å². The van der Waals surface area contributed by atoms with Crippen LogP contribution in [-0.2, 0) is 6.54 Å². The van der Waals surface area contributed by atoms with Crippen LogP contribution in [0.25, 0.3) is 11.4 Å². The molecule has 2 aromatic carbocycles. The number of anilines is 1. The molecule has 0 fully saturated rings. The number of nitrogens with one attached hydrogen (secondary N) is 1. The highest BCUT2D eigenvalue weighted by molar-refractivity contribution is 14.0. The fraction of sp³-hybridized carbons (Fsp3) is 0.167. The fourth-order valence-electron chi connectivity index (χ4n) is 2.28. The van der Waals surface area contributed by atoms with Crippen LogP contribution in [0.5, 0.6) is 11.5 Å². The summed E-state index contributed by atoms with van der Waals surface area (Å²) in [4.78, 5) is 8.51.